The van der Waals surface area contributed by atoms with Crippen LogP contribution in [-0.2, 0) is 11.2 Å². The number of aryl methyl sites for hydroxylation is 1. The molecule has 3 aromatic rings. The van der Waals surface area contributed by atoms with Gasteiger partial charge in [0, 0.05) is 18.1 Å². The highest BCUT2D eigenvalue weighted by Gasteiger charge is 2.17. The van der Waals surface area contributed by atoms with Crippen molar-refractivity contribution >= 4 is 16.7 Å². The normalized spacial score (nSPS) is 14.1. The smallest absolute Gasteiger partial charge is 0.311 e. The molecule has 0 bridgehead atoms. The van der Waals surface area contributed by atoms with Crippen molar-refractivity contribution in [3.05, 3.63) is 60.4 Å². The summed E-state index contributed by atoms with van der Waals surface area (Å²) in [5.74, 6) is 0.554. The Labute approximate surface area is 116 Å². The van der Waals surface area contributed by atoms with Gasteiger partial charge in [-0.1, -0.05) is 24.3 Å². The van der Waals surface area contributed by atoms with E-state index >= 15 is 0 Å². The lowest BCUT2D eigenvalue weighted by Crippen LogP contribution is -2.15. The second kappa shape index (κ2) is 4.23. The van der Waals surface area contributed by atoms with Crippen molar-refractivity contribution in [1.29, 1.82) is 0 Å². The molecule has 1 aromatic heterocycles. The number of benzene rings is 2. The molecule has 2 aromatic carbocycles. The molecule has 4 rings (SSSR count). The van der Waals surface area contributed by atoms with E-state index in [1.165, 1.54) is 10.8 Å². The Balaban J connectivity index is 1.80. The molecule has 3 heteroatoms. The van der Waals surface area contributed by atoms with E-state index in [9.17, 15) is 4.79 Å². The highest BCUT2D eigenvalue weighted by atomic mass is 16.5. The maximum atomic E-state index is 11.3. The molecule has 1 aliphatic heterocycles. The Morgan fingerprint density at radius 2 is 1.70 bits per heavy atom. The largest absolute Gasteiger partial charge is 0.426 e. The maximum absolute atomic E-state index is 11.3. The molecule has 0 unspecified atom stereocenters. The van der Waals surface area contributed by atoms with Crippen LogP contribution in [0.5, 0.6) is 5.75 Å². The van der Waals surface area contributed by atoms with E-state index in [0.29, 0.717) is 12.2 Å². The molecule has 98 valence electrons. The zero-order chi connectivity index (χ0) is 13.5. The molecule has 1 aliphatic rings. The van der Waals surface area contributed by atoms with Crippen molar-refractivity contribution in [2.45, 2.75) is 12.8 Å². The van der Waals surface area contributed by atoms with Crippen LogP contribution in [0.1, 0.15) is 12.0 Å². The van der Waals surface area contributed by atoms with Crippen LogP contribution in [0, 0.1) is 0 Å². The highest BCUT2D eigenvalue weighted by Crippen LogP contribution is 2.28. The van der Waals surface area contributed by atoms with Crippen molar-refractivity contribution in [2.24, 2.45) is 0 Å². The number of nitrogens with zero attached hydrogens (tertiary/aromatic N) is 1. The van der Waals surface area contributed by atoms with Crippen LogP contribution < -0.4 is 4.74 Å². The van der Waals surface area contributed by atoms with Gasteiger partial charge in [-0.05, 0) is 41.0 Å². The van der Waals surface area contributed by atoms with Crippen molar-refractivity contribution in [3.8, 4) is 11.4 Å². The molecule has 0 saturated carbocycles. The number of hydrogen-bond acceptors (Lipinski definition) is 2. The maximum Gasteiger partial charge on any atom is 0.311 e. The standard InChI is InChI=1S/C17H13NO2/c19-17-8-5-12-9-15(6-7-16(12)20-17)18-10-13-3-1-2-4-14(13)11-18/h1-4,6-7,9-11H,5,8H2. The summed E-state index contributed by atoms with van der Waals surface area (Å²) in [5, 5.41) is 2.44. The molecule has 0 N–H and O–H groups in total. The third-order valence-corrected chi connectivity index (χ3v) is 3.72. The fourth-order valence-corrected chi connectivity index (χ4v) is 2.66. The summed E-state index contributed by atoms with van der Waals surface area (Å²) in [4.78, 5) is 11.3. The van der Waals surface area contributed by atoms with Crippen molar-refractivity contribution in [3.63, 3.8) is 0 Å². The molecule has 2 heterocycles. The van der Waals surface area contributed by atoms with Gasteiger partial charge in [-0.2, -0.15) is 0 Å². The summed E-state index contributed by atoms with van der Waals surface area (Å²) in [5.41, 5.74) is 2.19. The number of carbonyl (C=O) groups is 1. The van der Waals surface area contributed by atoms with Crippen molar-refractivity contribution in [1.82, 2.24) is 4.57 Å². The minimum Gasteiger partial charge on any atom is -0.426 e. The lowest BCUT2D eigenvalue weighted by molar-refractivity contribution is -0.135. The predicted molar refractivity (Wildman–Crippen MR) is 77.2 cm³/mol. The summed E-state index contributed by atoms with van der Waals surface area (Å²) in [6.07, 6.45) is 5.45. The summed E-state index contributed by atoms with van der Waals surface area (Å²) in [7, 11) is 0. The summed E-state index contributed by atoms with van der Waals surface area (Å²) < 4.78 is 7.35. The van der Waals surface area contributed by atoms with Crippen LogP contribution in [-0.4, -0.2) is 10.5 Å². The van der Waals surface area contributed by atoms with Crippen LogP contribution >= 0.6 is 0 Å². The molecular weight excluding hydrogens is 250 g/mol. The second-order valence-corrected chi connectivity index (χ2v) is 5.06. The summed E-state index contributed by atoms with van der Waals surface area (Å²) in [6, 6.07) is 14.2. The second-order valence-electron chi connectivity index (χ2n) is 5.06. The molecule has 0 amide bonds. The number of ether oxygens (including phenoxy) is 1. The lowest BCUT2D eigenvalue weighted by atomic mass is 10.1. The van der Waals surface area contributed by atoms with Crippen LogP contribution in [0.25, 0.3) is 16.5 Å². The van der Waals surface area contributed by atoms with E-state index in [1.807, 2.05) is 24.3 Å². The first kappa shape index (κ1) is 11.3. The Bertz CT molecular complexity index is 784. The molecule has 0 atom stereocenters. The van der Waals surface area contributed by atoms with E-state index in [2.05, 4.69) is 35.2 Å². The average Bonchev–Trinajstić information content (AvgIpc) is 2.90. The SMILES string of the molecule is O=C1CCc2cc(-n3cc4ccccc4c3)ccc2O1. The number of esters is 1. The van der Waals surface area contributed by atoms with Crippen molar-refractivity contribution in [2.75, 3.05) is 0 Å². The van der Waals surface area contributed by atoms with E-state index < -0.39 is 0 Å². The molecule has 0 aliphatic carbocycles. The third-order valence-electron chi connectivity index (χ3n) is 3.72. The molecular formula is C17H13NO2. The van der Waals surface area contributed by atoms with Gasteiger partial charge in [0.05, 0.1) is 6.42 Å². The number of hydrogen-bond donors (Lipinski definition) is 0. The first-order valence-electron chi connectivity index (χ1n) is 6.70. The van der Waals surface area contributed by atoms with E-state index in [4.69, 9.17) is 4.74 Å². The van der Waals surface area contributed by atoms with Gasteiger partial charge < -0.3 is 9.30 Å². The fraction of sp³-hybridized carbons (Fsp3) is 0.118. The number of rotatable bonds is 1. The van der Waals surface area contributed by atoms with Crippen LogP contribution in [0.3, 0.4) is 0 Å². The highest BCUT2D eigenvalue weighted by molar-refractivity contribution is 5.83. The van der Waals surface area contributed by atoms with Gasteiger partial charge in [0.25, 0.3) is 0 Å². The zero-order valence-electron chi connectivity index (χ0n) is 10.9. The molecule has 0 saturated heterocycles. The monoisotopic (exact) mass is 263 g/mol. The molecule has 3 nitrogen and oxygen atoms in total. The van der Waals surface area contributed by atoms with Gasteiger partial charge in [0.15, 0.2) is 0 Å². The third kappa shape index (κ3) is 1.79. The van der Waals surface area contributed by atoms with E-state index in [0.717, 1.165) is 17.7 Å². The minimum atomic E-state index is -0.142. The average molecular weight is 263 g/mol. The Kier molecular flexibility index (Phi) is 2.39. The first-order valence-corrected chi connectivity index (χ1v) is 6.70. The summed E-state index contributed by atoms with van der Waals surface area (Å²) in [6.45, 7) is 0. The van der Waals surface area contributed by atoms with Crippen LogP contribution in [0.4, 0.5) is 0 Å². The van der Waals surface area contributed by atoms with Gasteiger partial charge in [-0.25, -0.2) is 0 Å². The first-order chi connectivity index (χ1) is 9.79. The predicted octanol–water partition coefficient (Wildman–Crippen LogP) is 3.48. The minimum absolute atomic E-state index is 0.142. The topological polar surface area (TPSA) is 31.2 Å². The number of fused-ring (bicyclic) bond motifs is 2. The molecule has 20 heavy (non-hydrogen) atoms. The Morgan fingerprint density at radius 1 is 0.950 bits per heavy atom. The lowest BCUT2D eigenvalue weighted by Gasteiger charge is -2.16. The molecule has 0 spiro atoms. The quantitative estimate of drug-likeness (QED) is 0.497. The Hall–Kier alpha value is -2.55. The van der Waals surface area contributed by atoms with Gasteiger partial charge in [-0.15, -0.1) is 0 Å². The summed E-state index contributed by atoms with van der Waals surface area (Å²) >= 11 is 0. The Morgan fingerprint density at radius 3 is 2.45 bits per heavy atom. The van der Waals surface area contributed by atoms with Crippen LogP contribution in [0.2, 0.25) is 0 Å². The van der Waals surface area contributed by atoms with E-state index in [-0.39, 0.29) is 5.97 Å². The zero-order valence-corrected chi connectivity index (χ0v) is 10.9. The van der Waals surface area contributed by atoms with E-state index in [1.54, 1.807) is 0 Å². The van der Waals surface area contributed by atoms with Crippen molar-refractivity contribution < 1.29 is 9.53 Å². The van der Waals surface area contributed by atoms with Crippen LogP contribution in [0.15, 0.2) is 54.9 Å². The molecule has 0 fully saturated rings. The van der Waals surface area contributed by atoms with Gasteiger partial charge in [0.2, 0.25) is 0 Å². The number of aromatic nitrogens is 1. The van der Waals surface area contributed by atoms with Gasteiger partial charge >= 0.3 is 5.97 Å². The van der Waals surface area contributed by atoms with Gasteiger partial charge in [0.1, 0.15) is 5.75 Å². The molecule has 0 radical (unpaired) electrons. The number of carbonyl (C=O) groups excluding carboxylic acids is 1. The fourth-order valence-electron chi connectivity index (χ4n) is 2.66. The van der Waals surface area contributed by atoms with Gasteiger partial charge in [-0.3, -0.25) is 4.79 Å².